The van der Waals surface area contributed by atoms with Crippen molar-refractivity contribution in [2.75, 3.05) is 24.9 Å². The summed E-state index contributed by atoms with van der Waals surface area (Å²) in [5.74, 6) is 1.51. The molecule has 0 aliphatic carbocycles. The molecule has 1 aliphatic heterocycles. The van der Waals surface area contributed by atoms with Crippen molar-refractivity contribution < 1.29 is 14.3 Å². The van der Waals surface area contributed by atoms with E-state index in [9.17, 15) is 4.79 Å². The predicted molar refractivity (Wildman–Crippen MR) is 75.0 cm³/mol. The van der Waals surface area contributed by atoms with E-state index in [2.05, 4.69) is 24.5 Å². The Hall–Kier alpha value is -1.91. The minimum absolute atomic E-state index is 0.00549. The van der Waals surface area contributed by atoms with Crippen LogP contribution in [0.25, 0.3) is 0 Å². The largest absolute Gasteiger partial charge is 0.493 e. The lowest BCUT2D eigenvalue weighted by Gasteiger charge is -2.31. The molecule has 0 fully saturated rings. The first-order valence-electron chi connectivity index (χ1n) is 6.44. The van der Waals surface area contributed by atoms with Gasteiger partial charge >= 0.3 is 0 Å². The number of hydrogen-bond acceptors (Lipinski definition) is 4. The van der Waals surface area contributed by atoms with E-state index in [1.165, 1.54) is 0 Å². The Labute approximate surface area is 113 Å². The third kappa shape index (κ3) is 2.45. The first-order valence-corrected chi connectivity index (χ1v) is 6.44. The van der Waals surface area contributed by atoms with E-state index < -0.39 is 0 Å². The SMILES string of the molecule is CCC(C)C1Nc2cc(OC)c(OC)cc2NC1=O. The number of carbonyl (C=O) groups is 1. The Balaban J connectivity index is 2.36. The van der Waals surface area contributed by atoms with Gasteiger partial charge in [0.25, 0.3) is 0 Å². The third-order valence-electron chi connectivity index (χ3n) is 3.59. The van der Waals surface area contributed by atoms with Crippen molar-refractivity contribution in [3.63, 3.8) is 0 Å². The average Bonchev–Trinajstić information content (AvgIpc) is 2.44. The summed E-state index contributed by atoms with van der Waals surface area (Å²) >= 11 is 0. The molecule has 2 rings (SSSR count). The second-order valence-electron chi connectivity index (χ2n) is 4.75. The van der Waals surface area contributed by atoms with E-state index in [-0.39, 0.29) is 17.9 Å². The van der Waals surface area contributed by atoms with Gasteiger partial charge in [0.1, 0.15) is 6.04 Å². The molecule has 104 valence electrons. The van der Waals surface area contributed by atoms with E-state index in [0.29, 0.717) is 11.5 Å². The van der Waals surface area contributed by atoms with E-state index in [4.69, 9.17) is 9.47 Å². The maximum absolute atomic E-state index is 12.1. The summed E-state index contributed by atoms with van der Waals surface area (Å²) in [6, 6.07) is 3.41. The van der Waals surface area contributed by atoms with Gasteiger partial charge in [-0.1, -0.05) is 20.3 Å². The monoisotopic (exact) mass is 264 g/mol. The third-order valence-corrected chi connectivity index (χ3v) is 3.59. The molecule has 5 nitrogen and oxygen atoms in total. The fourth-order valence-electron chi connectivity index (χ4n) is 2.18. The van der Waals surface area contributed by atoms with Crippen molar-refractivity contribution in [2.45, 2.75) is 26.3 Å². The van der Waals surface area contributed by atoms with Crippen molar-refractivity contribution in [1.82, 2.24) is 0 Å². The maximum Gasteiger partial charge on any atom is 0.247 e. The molecule has 1 aromatic carbocycles. The highest BCUT2D eigenvalue weighted by Crippen LogP contribution is 2.39. The van der Waals surface area contributed by atoms with Gasteiger partial charge in [0.05, 0.1) is 25.6 Å². The molecule has 0 spiro atoms. The van der Waals surface area contributed by atoms with Crippen LogP contribution in [0, 0.1) is 5.92 Å². The van der Waals surface area contributed by atoms with E-state index in [0.717, 1.165) is 17.8 Å². The van der Waals surface area contributed by atoms with Crippen molar-refractivity contribution in [3.05, 3.63) is 12.1 Å². The zero-order valence-corrected chi connectivity index (χ0v) is 11.7. The summed E-state index contributed by atoms with van der Waals surface area (Å²) in [5, 5.41) is 6.19. The van der Waals surface area contributed by atoms with Crippen LogP contribution in [-0.4, -0.2) is 26.2 Å². The lowest BCUT2D eigenvalue weighted by atomic mass is 9.96. The summed E-state index contributed by atoms with van der Waals surface area (Å²) in [5.41, 5.74) is 1.59. The summed E-state index contributed by atoms with van der Waals surface area (Å²) in [7, 11) is 3.17. The molecule has 0 aromatic heterocycles. The van der Waals surface area contributed by atoms with Crippen LogP contribution in [0.3, 0.4) is 0 Å². The van der Waals surface area contributed by atoms with Crippen molar-refractivity contribution in [2.24, 2.45) is 5.92 Å². The zero-order chi connectivity index (χ0) is 14.0. The van der Waals surface area contributed by atoms with Gasteiger partial charge in [-0.15, -0.1) is 0 Å². The van der Waals surface area contributed by atoms with Gasteiger partial charge in [-0.2, -0.15) is 0 Å². The number of ether oxygens (including phenoxy) is 2. The maximum atomic E-state index is 12.1. The highest BCUT2D eigenvalue weighted by Gasteiger charge is 2.30. The molecule has 2 N–H and O–H groups in total. The van der Waals surface area contributed by atoms with Gasteiger partial charge in [-0.25, -0.2) is 0 Å². The molecule has 1 amide bonds. The molecule has 0 saturated carbocycles. The van der Waals surface area contributed by atoms with Gasteiger partial charge in [-0.3, -0.25) is 4.79 Å². The van der Waals surface area contributed by atoms with E-state index in [1.54, 1.807) is 20.3 Å². The Morgan fingerprint density at radius 3 is 2.32 bits per heavy atom. The summed E-state index contributed by atoms with van der Waals surface area (Å²) in [4.78, 5) is 12.1. The Morgan fingerprint density at radius 1 is 1.21 bits per heavy atom. The number of amides is 1. The Kier molecular flexibility index (Phi) is 3.83. The Morgan fingerprint density at radius 2 is 1.79 bits per heavy atom. The van der Waals surface area contributed by atoms with Crippen LogP contribution in [0.4, 0.5) is 11.4 Å². The van der Waals surface area contributed by atoms with Gasteiger partial charge < -0.3 is 20.1 Å². The molecule has 0 bridgehead atoms. The minimum atomic E-state index is -0.212. The summed E-state index contributed by atoms with van der Waals surface area (Å²) in [6.07, 6.45) is 0.938. The number of methoxy groups -OCH3 is 2. The number of fused-ring (bicyclic) bond motifs is 1. The van der Waals surface area contributed by atoms with Crippen LogP contribution in [0.15, 0.2) is 12.1 Å². The van der Waals surface area contributed by atoms with Gasteiger partial charge in [-0.05, 0) is 5.92 Å². The minimum Gasteiger partial charge on any atom is -0.493 e. The number of nitrogens with one attached hydrogen (secondary N) is 2. The van der Waals surface area contributed by atoms with Crippen LogP contribution in [-0.2, 0) is 4.79 Å². The second kappa shape index (κ2) is 5.38. The normalized spacial score (nSPS) is 18.9. The molecule has 5 heteroatoms. The topological polar surface area (TPSA) is 59.6 Å². The molecule has 19 heavy (non-hydrogen) atoms. The van der Waals surface area contributed by atoms with Crippen LogP contribution >= 0.6 is 0 Å². The van der Waals surface area contributed by atoms with Crippen LogP contribution in [0.2, 0.25) is 0 Å². The molecule has 0 radical (unpaired) electrons. The zero-order valence-electron chi connectivity index (χ0n) is 11.7. The smallest absolute Gasteiger partial charge is 0.247 e. The number of rotatable bonds is 4. The molecule has 1 aromatic rings. The average molecular weight is 264 g/mol. The van der Waals surface area contributed by atoms with Crippen molar-refractivity contribution >= 4 is 17.3 Å². The summed E-state index contributed by atoms with van der Waals surface area (Å²) in [6.45, 7) is 4.13. The van der Waals surface area contributed by atoms with Crippen LogP contribution in [0.1, 0.15) is 20.3 Å². The first-order chi connectivity index (χ1) is 9.10. The van der Waals surface area contributed by atoms with Gasteiger partial charge in [0.15, 0.2) is 11.5 Å². The van der Waals surface area contributed by atoms with Crippen molar-refractivity contribution in [3.8, 4) is 11.5 Å². The fraction of sp³-hybridized carbons (Fsp3) is 0.500. The fourth-order valence-corrected chi connectivity index (χ4v) is 2.18. The molecular weight excluding hydrogens is 244 g/mol. The van der Waals surface area contributed by atoms with Crippen molar-refractivity contribution in [1.29, 1.82) is 0 Å². The molecule has 1 heterocycles. The number of carbonyl (C=O) groups excluding carboxylic acids is 1. The van der Waals surface area contributed by atoms with Gasteiger partial charge in [0, 0.05) is 12.1 Å². The molecular formula is C14H20N2O3. The number of hydrogen-bond donors (Lipinski definition) is 2. The van der Waals surface area contributed by atoms with Crippen LogP contribution < -0.4 is 20.1 Å². The standard InChI is InChI=1S/C14H20N2O3/c1-5-8(2)13-14(17)16-10-7-12(19-4)11(18-3)6-9(10)15-13/h6-8,13,15H,5H2,1-4H3,(H,16,17). The lowest BCUT2D eigenvalue weighted by molar-refractivity contribution is -0.118. The first kappa shape index (κ1) is 13.5. The highest BCUT2D eigenvalue weighted by molar-refractivity contribution is 6.03. The second-order valence-corrected chi connectivity index (χ2v) is 4.75. The lowest BCUT2D eigenvalue weighted by Crippen LogP contribution is -2.43. The molecule has 2 atom stereocenters. The number of anilines is 2. The molecule has 0 saturated heterocycles. The molecule has 2 unspecified atom stereocenters. The highest BCUT2D eigenvalue weighted by atomic mass is 16.5. The Bertz CT molecular complexity index is 488. The predicted octanol–water partition coefficient (Wildman–Crippen LogP) is 2.48. The summed E-state index contributed by atoms with van der Waals surface area (Å²) < 4.78 is 10.5. The van der Waals surface area contributed by atoms with Gasteiger partial charge in [0.2, 0.25) is 5.91 Å². The number of benzene rings is 1. The van der Waals surface area contributed by atoms with Crippen LogP contribution in [0.5, 0.6) is 11.5 Å². The van der Waals surface area contributed by atoms with E-state index in [1.807, 2.05) is 6.07 Å². The quantitative estimate of drug-likeness (QED) is 0.877. The molecule has 1 aliphatic rings. The van der Waals surface area contributed by atoms with E-state index >= 15 is 0 Å².